The van der Waals surface area contributed by atoms with E-state index in [1.807, 2.05) is 24.3 Å². The zero-order valence-electron chi connectivity index (χ0n) is 14.9. The van der Waals surface area contributed by atoms with Gasteiger partial charge < -0.3 is 19.5 Å². The van der Waals surface area contributed by atoms with Crippen LogP contribution < -0.4 is 9.47 Å². The zero-order chi connectivity index (χ0) is 19.4. The lowest BCUT2D eigenvalue weighted by Gasteiger charge is -2.19. The molecular weight excluding hydrogens is 370 g/mol. The molecule has 1 atom stereocenters. The van der Waals surface area contributed by atoms with Crippen molar-refractivity contribution in [2.75, 3.05) is 13.7 Å². The minimum Gasteiger partial charge on any atom is -0.497 e. The quantitative estimate of drug-likeness (QED) is 0.785. The first kappa shape index (κ1) is 19.0. The van der Waals surface area contributed by atoms with Crippen LogP contribution in [0.2, 0.25) is 5.02 Å². The zero-order valence-corrected chi connectivity index (χ0v) is 15.6. The van der Waals surface area contributed by atoms with Gasteiger partial charge in [0.25, 0.3) is 0 Å². The maximum absolute atomic E-state index is 12.1. The predicted molar refractivity (Wildman–Crippen MR) is 99.9 cm³/mol. The summed E-state index contributed by atoms with van der Waals surface area (Å²) in [4.78, 5) is 24.8. The minimum atomic E-state index is -0.946. The molecule has 1 fully saturated rings. The van der Waals surface area contributed by atoms with E-state index < -0.39 is 11.9 Å². The number of hydrogen-bond donors (Lipinski definition) is 1. The number of nitrogens with zero attached hydrogens (tertiary/aromatic N) is 1. The Bertz CT molecular complexity index is 854. The van der Waals surface area contributed by atoms with E-state index in [0.29, 0.717) is 23.1 Å². The maximum Gasteiger partial charge on any atom is 0.308 e. The second-order valence-electron chi connectivity index (χ2n) is 6.41. The van der Waals surface area contributed by atoms with Gasteiger partial charge in [-0.3, -0.25) is 9.59 Å². The number of ether oxygens (including phenoxy) is 2. The summed E-state index contributed by atoms with van der Waals surface area (Å²) in [6, 6.07) is 12.7. The number of carbonyl (C=O) groups is 2. The molecule has 0 saturated carbocycles. The topological polar surface area (TPSA) is 76.1 Å². The predicted octanol–water partition coefficient (Wildman–Crippen LogP) is 3.36. The Kier molecular flexibility index (Phi) is 5.86. The van der Waals surface area contributed by atoms with Crippen LogP contribution in [0.4, 0.5) is 0 Å². The number of likely N-dealkylation sites (tertiary alicyclic amines) is 1. The molecule has 2 aromatic rings. The Morgan fingerprint density at radius 2 is 2.11 bits per heavy atom. The molecule has 3 rings (SSSR count). The van der Waals surface area contributed by atoms with Crippen LogP contribution in [-0.4, -0.2) is 35.5 Å². The van der Waals surface area contributed by atoms with Gasteiger partial charge in [-0.1, -0.05) is 23.7 Å². The van der Waals surface area contributed by atoms with Crippen molar-refractivity contribution in [3.63, 3.8) is 0 Å². The number of carboxylic acid groups (broad SMARTS) is 1. The summed E-state index contributed by atoms with van der Waals surface area (Å²) in [7, 11) is 1.57. The lowest BCUT2D eigenvalue weighted by atomic mass is 10.1. The summed E-state index contributed by atoms with van der Waals surface area (Å²) in [5, 5.41) is 9.77. The standard InChI is InChI=1S/C20H20ClNO5/c1-26-17-6-5-14(10-22-11-15(20(24)25)8-19(22)23)18(9-17)27-12-13-3-2-4-16(21)7-13/h2-7,9,15H,8,10-12H2,1H3,(H,24,25). The summed E-state index contributed by atoms with van der Waals surface area (Å²) in [6.45, 7) is 0.803. The molecule has 142 valence electrons. The van der Waals surface area contributed by atoms with E-state index in [2.05, 4.69) is 0 Å². The van der Waals surface area contributed by atoms with Crippen molar-refractivity contribution in [3.8, 4) is 11.5 Å². The Morgan fingerprint density at radius 3 is 2.78 bits per heavy atom. The molecule has 0 aromatic heterocycles. The van der Waals surface area contributed by atoms with Gasteiger partial charge in [0.05, 0.1) is 13.0 Å². The molecule has 0 radical (unpaired) electrons. The van der Waals surface area contributed by atoms with Gasteiger partial charge in [0, 0.05) is 36.2 Å². The number of carbonyl (C=O) groups excluding carboxylic acids is 1. The fourth-order valence-corrected chi connectivity index (χ4v) is 3.22. The molecule has 1 unspecified atom stereocenters. The van der Waals surface area contributed by atoms with Gasteiger partial charge in [-0.2, -0.15) is 0 Å². The highest BCUT2D eigenvalue weighted by Crippen LogP contribution is 2.29. The molecule has 1 heterocycles. The van der Waals surface area contributed by atoms with Gasteiger partial charge in [0.2, 0.25) is 5.91 Å². The molecule has 0 bridgehead atoms. The van der Waals surface area contributed by atoms with Crippen LogP contribution in [0, 0.1) is 5.92 Å². The molecule has 1 aliphatic heterocycles. The molecule has 1 saturated heterocycles. The van der Waals surface area contributed by atoms with Gasteiger partial charge in [-0.25, -0.2) is 0 Å². The van der Waals surface area contributed by atoms with Gasteiger partial charge in [-0.15, -0.1) is 0 Å². The fraction of sp³-hybridized carbons (Fsp3) is 0.300. The van der Waals surface area contributed by atoms with E-state index in [1.165, 1.54) is 0 Å². The van der Waals surface area contributed by atoms with Crippen molar-refractivity contribution < 1.29 is 24.2 Å². The SMILES string of the molecule is COc1ccc(CN2CC(C(=O)O)CC2=O)c(OCc2cccc(Cl)c2)c1. The second-order valence-corrected chi connectivity index (χ2v) is 6.84. The van der Waals surface area contributed by atoms with Crippen LogP contribution in [0.15, 0.2) is 42.5 Å². The number of hydrogen-bond acceptors (Lipinski definition) is 4. The number of benzene rings is 2. The van der Waals surface area contributed by atoms with Gasteiger partial charge in [-0.05, 0) is 29.8 Å². The van der Waals surface area contributed by atoms with E-state index in [4.69, 9.17) is 26.2 Å². The first-order chi connectivity index (χ1) is 13.0. The van der Waals surface area contributed by atoms with Gasteiger partial charge in [0.15, 0.2) is 0 Å². The van der Waals surface area contributed by atoms with Crippen LogP contribution >= 0.6 is 11.6 Å². The Balaban J connectivity index is 1.76. The van der Waals surface area contributed by atoms with Gasteiger partial charge >= 0.3 is 5.97 Å². The highest BCUT2D eigenvalue weighted by Gasteiger charge is 2.34. The molecule has 1 N–H and O–H groups in total. The van der Waals surface area contributed by atoms with E-state index in [1.54, 1.807) is 30.2 Å². The molecule has 0 spiro atoms. The van der Waals surface area contributed by atoms with Crippen molar-refractivity contribution in [2.24, 2.45) is 5.92 Å². The highest BCUT2D eigenvalue weighted by atomic mass is 35.5. The third kappa shape index (κ3) is 4.71. The third-order valence-corrected chi connectivity index (χ3v) is 4.72. The first-order valence-electron chi connectivity index (χ1n) is 8.51. The maximum atomic E-state index is 12.1. The minimum absolute atomic E-state index is 0.0319. The van der Waals surface area contributed by atoms with Crippen molar-refractivity contribution >= 4 is 23.5 Å². The molecule has 27 heavy (non-hydrogen) atoms. The summed E-state index contributed by atoms with van der Waals surface area (Å²) in [5.41, 5.74) is 1.71. The molecular formula is C20H20ClNO5. The summed E-state index contributed by atoms with van der Waals surface area (Å²) < 4.78 is 11.2. The van der Waals surface area contributed by atoms with Crippen molar-refractivity contribution in [2.45, 2.75) is 19.6 Å². The fourth-order valence-electron chi connectivity index (χ4n) is 3.01. The third-order valence-electron chi connectivity index (χ3n) is 4.48. The van der Waals surface area contributed by atoms with Crippen molar-refractivity contribution in [1.29, 1.82) is 0 Å². The van der Waals surface area contributed by atoms with Gasteiger partial charge in [0.1, 0.15) is 18.1 Å². The van der Waals surface area contributed by atoms with Crippen molar-refractivity contribution in [1.82, 2.24) is 4.90 Å². The van der Waals surface area contributed by atoms with E-state index in [9.17, 15) is 9.59 Å². The van der Waals surface area contributed by atoms with Crippen LogP contribution in [0.1, 0.15) is 17.5 Å². The Hall–Kier alpha value is -2.73. The smallest absolute Gasteiger partial charge is 0.308 e. The summed E-state index contributed by atoms with van der Waals surface area (Å²) in [5.74, 6) is -0.555. The number of rotatable bonds is 7. The van der Waals surface area contributed by atoms with Crippen molar-refractivity contribution in [3.05, 3.63) is 58.6 Å². The van der Waals surface area contributed by atoms with Crippen LogP contribution in [-0.2, 0) is 22.7 Å². The van der Waals surface area contributed by atoms with Crippen LogP contribution in [0.25, 0.3) is 0 Å². The van der Waals surface area contributed by atoms with E-state index in [-0.39, 0.29) is 25.4 Å². The number of aliphatic carboxylic acids is 1. The van der Waals surface area contributed by atoms with Crippen LogP contribution in [0.5, 0.6) is 11.5 Å². The first-order valence-corrected chi connectivity index (χ1v) is 8.89. The molecule has 7 heteroatoms. The average molecular weight is 390 g/mol. The average Bonchev–Trinajstić information content (AvgIpc) is 3.02. The number of methoxy groups -OCH3 is 1. The normalized spacial score (nSPS) is 16.4. The summed E-state index contributed by atoms with van der Waals surface area (Å²) >= 11 is 6.01. The molecule has 1 aliphatic rings. The summed E-state index contributed by atoms with van der Waals surface area (Å²) in [6.07, 6.45) is 0.0319. The van der Waals surface area contributed by atoms with Crippen LogP contribution in [0.3, 0.4) is 0 Å². The highest BCUT2D eigenvalue weighted by molar-refractivity contribution is 6.30. The lowest BCUT2D eigenvalue weighted by molar-refractivity contribution is -0.141. The number of amides is 1. The lowest BCUT2D eigenvalue weighted by Crippen LogP contribution is -2.26. The molecule has 6 nitrogen and oxygen atoms in total. The Morgan fingerprint density at radius 1 is 1.30 bits per heavy atom. The second kappa shape index (κ2) is 8.31. The molecule has 1 amide bonds. The Labute approximate surface area is 162 Å². The van der Waals surface area contributed by atoms with E-state index in [0.717, 1.165) is 11.1 Å². The molecule has 2 aromatic carbocycles. The van der Waals surface area contributed by atoms with E-state index >= 15 is 0 Å². The largest absolute Gasteiger partial charge is 0.497 e. The molecule has 0 aliphatic carbocycles. The monoisotopic (exact) mass is 389 g/mol. The number of carboxylic acids is 1. The number of halogens is 1.